The standard InChI is InChI=1S/C12H16BrN5O/c1-3-4-18-6-9(13)5-10(18)12(19)16-8(2)11-14-7-15-17-11/h5-8H,3-4H2,1-2H3,(H,16,19)(H,14,15,17). The van der Waals surface area contributed by atoms with Gasteiger partial charge < -0.3 is 9.88 Å². The number of rotatable bonds is 5. The molecule has 0 aliphatic rings. The molecule has 19 heavy (non-hydrogen) atoms. The molecule has 7 heteroatoms. The Bertz CT molecular complexity index is 548. The van der Waals surface area contributed by atoms with Gasteiger partial charge >= 0.3 is 0 Å². The van der Waals surface area contributed by atoms with Crippen molar-refractivity contribution in [2.24, 2.45) is 0 Å². The monoisotopic (exact) mass is 325 g/mol. The molecule has 1 atom stereocenters. The molecule has 2 aromatic heterocycles. The lowest BCUT2D eigenvalue weighted by Crippen LogP contribution is -2.29. The lowest BCUT2D eigenvalue weighted by molar-refractivity contribution is 0.0929. The van der Waals surface area contributed by atoms with Crippen LogP contribution in [0.15, 0.2) is 23.1 Å². The number of nitrogens with one attached hydrogen (secondary N) is 2. The average molecular weight is 326 g/mol. The van der Waals surface area contributed by atoms with E-state index in [9.17, 15) is 4.79 Å². The first kappa shape index (κ1) is 13.8. The van der Waals surface area contributed by atoms with Crippen LogP contribution in [-0.4, -0.2) is 25.7 Å². The van der Waals surface area contributed by atoms with E-state index in [-0.39, 0.29) is 11.9 Å². The van der Waals surface area contributed by atoms with Gasteiger partial charge in [-0.3, -0.25) is 9.89 Å². The smallest absolute Gasteiger partial charge is 0.268 e. The number of carbonyl (C=O) groups is 1. The van der Waals surface area contributed by atoms with Gasteiger partial charge in [-0.25, -0.2) is 4.98 Å². The first-order valence-corrected chi connectivity index (χ1v) is 6.93. The number of nitrogens with zero attached hydrogens (tertiary/aromatic N) is 3. The van der Waals surface area contributed by atoms with Crippen LogP contribution in [0.5, 0.6) is 0 Å². The van der Waals surface area contributed by atoms with Crippen molar-refractivity contribution in [3.63, 3.8) is 0 Å². The molecular weight excluding hydrogens is 310 g/mol. The fourth-order valence-corrected chi connectivity index (χ4v) is 2.32. The van der Waals surface area contributed by atoms with Crippen molar-refractivity contribution in [2.75, 3.05) is 0 Å². The predicted molar refractivity (Wildman–Crippen MR) is 74.7 cm³/mol. The number of aromatic nitrogens is 4. The molecule has 0 aliphatic carbocycles. The number of hydrogen-bond acceptors (Lipinski definition) is 3. The number of hydrogen-bond donors (Lipinski definition) is 2. The van der Waals surface area contributed by atoms with E-state index in [1.807, 2.05) is 23.8 Å². The van der Waals surface area contributed by atoms with Gasteiger partial charge in [0.1, 0.15) is 17.8 Å². The minimum Gasteiger partial charge on any atom is -0.342 e. The summed E-state index contributed by atoms with van der Waals surface area (Å²) in [5, 5.41) is 9.42. The fraction of sp³-hybridized carbons (Fsp3) is 0.417. The van der Waals surface area contributed by atoms with Gasteiger partial charge in [0.15, 0.2) is 0 Å². The highest BCUT2D eigenvalue weighted by molar-refractivity contribution is 9.10. The number of carbonyl (C=O) groups excluding carboxylic acids is 1. The van der Waals surface area contributed by atoms with Crippen LogP contribution in [0.2, 0.25) is 0 Å². The van der Waals surface area contributed by atoms with Crippen LogP contribution in [0.4, 0.5) is 0 Å². The summed E-state index contributed by atoms with van der Waals surface area (Å²) in [4.78, 5) is 16.3. The largest absolute Gasteiger partial charge is 0.342 e. The van der Waals surface area contributed by atoms with Crippen molar-refractivity contribution in [3.8, 4) is 0 Å². The summed E-state index contributed by atoms with van der Waals surface area (Å²) >= 11 is 3.40. The first-order chi connectivity index (χ1) is 9.11. The molecule has 0 spiro atoms. The molecule has 1 amide bonds. The molecule has 0 saturated heterocycles. The number of H-pyrrole nitrogens is 1. The van der Waals surface area contributed by atoms with Gasteiger partial charge in [-0.15, -0.1) is 0 Å². The lowest BCUT2D eigenvalue weighted by atomic mass is 10.3. The summed E-state index contributed by atoms with van der Waals surface area (Å²) in [5.41, 5.74) is 0.639. The number of halogens is 1. The van der Waals surface area contributed by atoms with Crippen molar-refractivity contribution >= 4 is 21.8 Å². The number of aryl methyl sites for hydroxylation is 1. The Kier molecular flexibility index (Phi) is 4.36. The molecular formula is C12H16BrN5O. The van der Waals surface area contributed by atoms with Crippen molar-refractivity contribution in [2.45, 2.75) is 32.9 Å². The molecule has 2 N–H and O–H groups in total. The van der Waals surface area contributed by atoms with Crippen LogP contribution in [0, 0.1) is 0 Å². The summed E-state index contributed by atoms with van der Waals surface area (Å²) in [6.45, 7) is 4.75. The van der Waals surface area contributed by atoms with Crippen molar-refractivity contribution in [1.29, 1.82) is 0 Å². The minimum atomic E-state index is -0.209. The second kappa shape index (κ2) is 6.01. The molecule has 0 fully saturated rings. The van der Waals surface area contributed by atoms with Crippen molar-refractivity contribution in [1.82, 2.24) is 25.1 Å². The van der Waals surface area contributed by atoms with E-state index in [0.29, 0.717) is 11.5 Å². The average Bonchev–Trinajstić information content (AvgIpc) is 2.99. The van der Waals surface area contributed by atoms with Gasteiger partial charge in [-0.05, 0) is 35.3 Å². The van der Waals surface area contributed by atoms with Gasteiger partial charge in [-0.2, -0.15) is 5.10 Å². The predicted octanol–water partition coefficient (Wildman–Crippen LogP) is 2.27. The first-order valence-electron chi connectivity index (χ1n) is 6.13. The topological polar surface area (TPSA) is 75.6 Å². The van der Waals surface area contributed by atoms with Crippen LogP contribution in [0.1, 0.15) is 42.6 Å². The van der Waals surface area contributed by atoms with E-state index in [1.54, 1.807) is 0 Å². The van der Waals surface area contributed by atoms with Crippen LogP contribution in [0.3, 0.4) is 0 Å². The van der Waals surface area contributed by atoms with Crippen LogP contribution >= 0.6 is 15.9 Å². The molecule has 2 heterocycles. The Morgan fingerprint density at radius 1 is 1.63 bits per heavy atom. The highest BCUT2D eigenvalue weighted by Crippen LogP contribution is 2.16. The molecule has 6 nitrogen and oxygen atoms in total. The molecule has 0 bridgehead atoms. The summed E-state index contributed by atoms with van der Waals surface area (Å²) in [7, 11) is 0. The van der Waals surface area contributed by atoms with Crippen LogP contribution in [0.25, 0.3) is 0 Å². The van der Waals surface area contributed by atoms with E-state index < -0.39 is 0 Å². The molecule has 102 valence electrons. The SMILES string of the molecule is CCCn1cc(Br)cc1C(=O)NC(C)c1ncn[nH]1. The van der Waals surface area contributed by atoms with Gasteiger partial charge in [0.05, 0.1) is 6.04 Å². The van der Waals surface area contributed by atoms with Gasteiger partial charge in [0, 0.05) is 17.2 Å². The highest BCUT2D eigenvalue weighted by Gasteiger charge is 2.17. The van der Waals surface area contributed by atoms with E-state index in [0.717, 1.165) is 17.4 Å². The Morgan fingerprint density at radius 3 is 3.05 bits per heavy atom. The Labute approximate surface area is 119 Å². The zero-order valence-electron chi connectivity index (χ0n) is 10.9. The van der Waals surface area contributed by atoms with Gasteiger partial charge in [0.2, 0.25) is 0 Å². The maximum Gasteiger partial charge on any atom is 0.268 e. The Balaban J connectivity index is 2.11. The third-order valence-corrected chi connectivity index (χ3v) is 3.19. The third-order valence-electron chi connectivity index (χ3n) is 2.75. The second-order valence-corrected chi connectivity index (χ2v) is 5.22. The van der Waals surface area contributed by atoms with E-state index in [4.69, 9.17) is 0 Å². The minimum absolute atomic E-state index is 0.122. The van der Waals surface area contributed by atoms with E-state index >= 15 is 0 Å². The summed E-state index contributed by atoms with van der Waals surface area (Å²) in [6.07, 6.45) is 4.31. The third kappa shape index (κ3) is 3.23. The molecule has 0 aromatic carbocycles. The molecule has 2 aromatic rings. The fourth-order valence-electron chi connectivity index (χ4n) is 1.85. The molecule has 0 aliphatic heterocycles. The molecule has 1 unspecified atom stereocenters. The number of aromatic amines is 1. The Hall–Kier alpha value is -1.63. The van der Waals surface area contributed by atoms with Crippen LogP contribution in [-0.2, 0) is 6.54 Å². The van der Waals surface area contributed by atoms with Gasteiger partial charge in [-0.1, -0.05) is 6.92 Å². The lowest BCUT2D eigenvalue weighted by Gasteiger charge is -2.12. The maximum atomic E-state index is 12.2. The Morgan fingerprint density at radius 2 is 2.42 bits per heavy atom. The zero-order valence-corrected chi connectivity index (χ0v) is 12.4. The van der Waals surface area contributed by atoms with Gasteiger partial charge in [0.25, 0.3) is 5.91 Å². The molecule has 0 saturated carbocycles. The van der Waals surface area contributed by atoms with E-state index in [2.05, 4.69) is 43.4 Å². The summed E-state index contributed by atoms with van der Waals surface area (Å²) in [6, 6.07) is 1.61. The van der Waals surface area contributed by atoms with Crippen LogP contribution < -0.4 is 5.32 Å². The van der Waals surface area contributed by atoms with Crippen molar-refractivity contribution in [3.05, 3.63) is 34.6 Å². The number of amides is 1. The van der Waals surface area contributed by atoms with Crippen molar-refractivity contribution < 1.29 is 4.79 Å². The summed E-state index contributed by atoms with van der Waals surface area (Å²) < 4.78 is 2.84. The molecule has 0 radical (unpaired) electrons. The maximum absolute atomic E-state index is 12.2. The normalized spacial score (nSPS) is 12.4. The quantitative estimate of drug-likeness (QED) is 0.885. The highest BCUT2D eigenvalue weighted by atomic mass is 79.9. The molecule has 2 rings (SSSR count). The zero-order chi connectivity index (χ0) is 13.8. The van der Waals surface area contributed by atoms with E-state index in [1.165, 1.54) is 6.33 Å². The summed E-state index contributed by atoms with van der Waals surface area (Å²) in [5.74, 6) is 0.518. The second-order valence-electron chi connectivity index (χ2n) is 4.30.